The highest BCUT2D eigenvalue weighted by Crippen LogP contribution is 2.23. The molecule has 1 aliphatic heterocycles. The zero-order valence-corrected chi connectivity index (χ0v) is 12.3. The number of benzene rings is 1. The first-order chi connectivity index (χ1) is 10.3. The molecule has 1 aliphatic rings. The molecule has 0 unspecified atom stereocenters. The summed E-state index contributed by atoms with van der Waals surface area (Å²) in [6, 6.07) is 14.1. The average molecular weight is 283 g/mol. The van der Waals surface area contributed by atoms with Crippen molar-refractivity contribution in [2.45, 2.75) is 18.9 Å². The van der Waals surface area contributed by atoms with E-state index in [4.69, 9.17) is 0 Å². The minimum atomic E-state index is 0.0460. The van der Waals surface area contributed by atoms with E-state index in [0.717, 1.165) is 37.3 Å². The number of hydrogen-bond donors (Lipinski definition) is 1. The quantitative estimate of drug-likeness (QED) is 0.940. The maximum Gasteiger partial charge on any atom is 0.274 e. The number of carbonyl (C=O) groups is 1. The SMILES string of the molecule is CN(C(=O)c1cccn1C1CCNCC1)c1ccccc1. The first-order valence-corrected chi connectivity index (χ1v) is 7.48. The third-order valence-corrected chi connectivity index (χ3v) is 4.15. The number of hydrogen-bond acceptors (Lipinski definition) is 2. The number of aromatic nitrogens is 1. The third kappa shape index (κ3) is 2.85. The molecule has 1 saturated heterocycles. The molecule has 1 amide bonds. The van der Waals surface area contributed by atoms with Gasteiger partial charge in [-0.05, 0) is 50.2 Å². The van der Waals surface area contributed by atoms with Crippen LogP contribution in [-0.4, -0.2) is 30.6 Å². The number of carbonyl (C=O) groups excluding carboxylic acids is 1. The van der Waals surface area contributed by atoms with E-state index in [-0.39, 0.29) is 5.91 Å². The molecule has 0 atom stereocenters. The minimum Gasteiger partial charge on any atom is -0.340 e. The molecule has 2 aromatic rings. The van der Waals surface area contributed by atoms with Crippen molar-refractivity contribution >= 4 is 11.6 Å². The van der Waals surface area contributed by atoms with Crippen molar-refractivity contribution in [1.82, 2.24) is 9.88 Å². The van der Waals surface area contributed by atoms with E-state index in [1.54, 1.807) is 4.90 Å². The zero-order chi connectivity index (χ0) is 14.7. The zero-order valence-electron chi connectivity index (χ0n) is 12.3. The van der Waals surface area contributed by atoms with E-state index >= 15 is 0 Å². The molecule has 0 aliphatic carbocycles. The number of amides is 1. The van der Waals surface area contributed by atoms with Crippen LogP contribution in [0.3, 0.4) is 0 Å². The van der Waals surface area contributed by atoms with E-state index in [0.29, 0.717) is 6.04 Å². The van der Waals surface area contributed by atoms with Crippen LogP contribution in [0, 0.1) is 0 Å². The number of rotatable bonds is 3. The second kappa shape index (κ2) is 6.14. The highest BCUT2D eigenvalue weighted by atomic mass is 16.2. The number of nitrogens with zero attached hydrogens (tertiary/aromatic N) is 2. The van der Waals surface area contributed by atoms with E-state index in [2.05, 4.69) is 9.88 Å². The van der Waals surface area contributed by atoms with Gasteiger partial charge in [0.15, 0.2) is 0 Å². The van der Waals surface area contributed by atoms with Gasteiger partial charge >= 0.3 is 0 Å². The van der Waals surface area contributed by atoms with E-state index in [1.165, 1.54) is 0 Å². The van der Waals surface area contributed by atoms with Crippen LogP contribution in [0.2, 0.25) is 0 Å². The minimum absolute atomic E-state index is 0.0460. The predicted octanol–water partition coefficient (Wildman–Crippen LogP) is 2.69. The molecule has 0 spiro atoms. The summed E-state index contributed by atoms with van der Waals surface area (Å²) in [4.78, 5) is 14.5. The Balaban J connectivity index is 1.83. The summed E-state index contributed by atoms with van der Waals surface area (Å²) in [6.07, 6.45) is 4.18. The second-order valence-corrected chi connectivity index (χ2v) is 5.48. The Labute approximate surface area is 125 Å². The Hall–Kier alpha value is -2.07. The molecule has 0 saturated carbocycles. The fraction of sp³-hybridized carbons (Fsp3) is 0.353. The van der Waals surface area contributed by atoms with Crippen LogP contribution in [0.5, 0.6) is 0 Å². The lowest BCUT2D eigenvalue weighted by Crippen LogP contribution is -2.33. The molecule has 1 aromatic carbocycles. The van der Waals surface area contributed by atoms with Gasteiger partial charge in [0.05, 0.1) is 0 Å². The van der Waals surface area contributed by atoms with Gasteiger partial charge in [-0.1, -0.05) is 18.2 Å². The maximum atomic E-state index is 12.8. The molecule has 4 heteroatoms. The first kappa shape index (κ1) is 13.9. The summed E-state index contributed by atoms with van der Waals surface area (Å²) < 4.78 is 2.14. The fourth-order valence-corrected chi connectivity index (χ4v) is 2.92. The molecular formula is C17H21N3O. The Morgan fingerprint density at radius 1 is 1.14 bits per heavy atom. The summed E-state index contributed by atoms with van der Waals surface area (Å²) in [5.41, 5.74) is 1.69. The van der Waals surface area contributed by atoms with Crippen LogP contribution in [0.1, 0.15) is 29.4 Å². The standard InChI is InChI=1S/C17H21N3O/c1-19(14-6-3-2-4-7-14)17(21)16-8-5-13-20(16)15-9-11-18-12-10-15/h2-8,13,15,18H,9-12H2,1H3. The van der Waals surface area contributed by atoms with Crippen molar-refractivity contribution in [2.24, 2.45) is 0 Å². The Morgan fingerprint density at radius 3 is 2.57 bits per heavy atom. The number of para-hydroxylation sites is 1. The predicted molar refractivity (Wildman–Crippen MR) is 84.7 cm³/mol. The maximum absolute atomic E-state index is 12.8. The largest absolute Gasteiger partial charge is 0.340 e. The van der Waals surface area contributed by atoms with E-state index in [1.807, 2.05) is 55.7 Å². The van der Waals surface area contributed by atoms with Crippen molar-refractivity contribution in [2.75, 3.05) is 25.0 Å². The van der Waals surface area contributed by atoms with Crippen LogP contribution < -0.4 is 10.2 Å². The summed E-state index contributed by atoms with van der Waals surface area (Å²) in [6.45, 7) is 2.04. The van der Waals surface area contributed by atoms with Crippen LogP contribution >= 0.6 is 0 Å². The molecule has 1 N–H and O–H groups in total. The van der Waals surface area contributed by atoms with Gasteiger partial charge in [0.25, 0.3) is 5.91 Å². The van der Waals surface area contributed by atoms with Crippen LogP contribution in [0.4, 0.5) is 5.69 Å². The highest BCUT2D eigenvalue weighted by Gasteiger charge is 2.22. The van der Waals surface area contributed by atoms with E-state index < -0.39 is 0 Å². The van der Waals surface area contributed by atoms with Crippen molar-refractivity contribution in [3.8, 4) is 0 Å². The Bertz CT molecular complexity index is 600. The molecule has 21 heavy (non-hydrogen) atoms. The van der Waals surface area contributed by atoms with Crippen LogP contribution in [0.15, 0.2) is 48.7 Å². The van der Waals surface area contributed by atoms with Gasteiger partial charge in [-0.2, -0.15) is 0 Å². The molecule has 0 bridgehead atoms. The number of piperidine rings is 1. The van der Waals surface area contributed by atoms with Crippen LogP contribution in [-0.2, 0) is 0 Å². The first-order valence-electron chi connectivity index (χ1n) is 7.48. The monoisotopic (exact) mass is 283 g/mol. The lowest BCUT2D eigenvalue weighted by atomic mass is 10.1. The summed E-state index contributed by atoms with van der Waals surface area (Å²) >= 11 is 0. The topological polar surface area (TPSA) is 37.3 Å². The van der Waals surface area contributed by atoms with Gasteiger partial charge in [0, 0.05) is 25.0 Å². The second-order valence-electron chi connectivity index (χ2n) is 5.48. The summed E-state index contributed by atoms with van der Waals surface area (Å²) in [7, 11) is 1.83. The summed E-state index contributed by atoms with van der Waals surface area (Å²) in [5, 5.41) is 3.37. The molecule has 2 heterocycles. The van der Waals surface area contributed by atoms with Gasteiger partial charge in [0.2, 0.25) is 0 Å². The lowest BCUT2D eigenvalue weighted by Gasteiger charge is -2.27. The molecule has 1 fully saturated rings. The molecular weight excluding hydrogens is 262 g/mol. The lowest BCUT2D eigenvalue weighted by molar-refractivity contribution is 0.0980. The van der Waals surface area contributed by atoms with Gasteiger partial charge in [-0.3, -0.25) is 4.79 Å². The van der Waals surface area contributed by atoms with Crippen molar-refractivity contribution < 1.29 is 4.79 Å². The molecule has 0 radical (unpaired) electrons. The summed E-state index contributed by atoms with van der Waals surface area (Å²) in [5.74, 6) is 0.0460. The number of anilines is 1. The molecule has 3 rings (SSSR count). The van der Waals surface area contributed by atoms with Crippen molar-refractivity contribution in [1.29, 1.82) is 0 Å². The third-order valence-electron chi connectivity index (χ3n) is 4.15. The smallest absolute Gasteiger partial charge is 0.274 e. The average Bonchev–Trinajstić information content (AvgIpc) is 3.04. The van der Waals surface area contributed by atoms with Gasteiger partial charge in [0.1, 0.15) is 5.69 Å². The molecule has 1 aromatic heterocycles. The van der Waals surface area contributed by atoms with Gasteiger partial charge < -0.3 is 14.8 Å². The molecule has 110 valence electrons. The fourth-order valence-electron chi connectivity index (χ4n) is 2.92. The number of nitrogens with one attached hydrogen (secondary N) is 1. The van der Waals surface area contributed by atoms with E-state index in [9.17, 15) is 4.79 Å². The highest BCUT2D eigenvalue weighted by molar-refractivity contribution is 6.04. The van der Waals surface area contributed by atoms with Gasteiger partial charge in [-0.25, -0.2) is 0 Å². The normalized spacial score (nSPS) is 15.9. The Morgan fingerprint density at radius 2 is 1.86 bits per heavy atom. The van der Waals surface area contributed by atoms with Crippen molar-refractivity contribution in [3.63, 3.8) is 0 Å². The van der Waals surface area contributed by atoms with Crippen LogP contribution in [0.25, 0.3) is 0 Å². The Kier molecular flexibility index (Phi) is 4.06. The molecule has 4 nitrogen and oxygen atoms in total. The van der Waals surface area contributed by atoms with Gasteiger partial charge in [-0.15, -0.1) is 0 Å². The van der Waals surface area contributed by atoms with Crippen molar-refractivity contribution in [3.05, 3.63) is 54.4 Å².